The predicted molar refractivity (Wildman–Crippen MR) is 142 cm³/mol. The summed E-state index contributed by atoms with van der Waals surface area (Å²) >= 11 is 0. The van der Waals surface area contributed by atoms with Gasteiger partial charge >= 0.3 is 0 Å². The lowest BCUT2D eigenvalue weighted by molar-refractivity contribution is 0.483. The molecule has 0 amide bonds. The molecule has 0 spiro atoms. The lowest BCUT2D eigenvalue weighted by Gasteiger charge is -2.27. The first-order valence-corrected chi connectivity index (χ1v) is 14.6. The van der Waals surface area contributed by atoms with Gasteiger partial charge in [0.25, 0.3) is 10.1 Å². The largest absolute Gasteiger partial charge is 0.363 e. The molecule has 0 radical (unpaired) electrons. The van der Waals surface area contributed by atoms with Crippen LogP contribution in [-0.4, -0.2) is 19.1 Å². The molecule has 0 aliphatic carbocycles. The number of nitrogens with zero attached hydrogens (tertiary/aromatic N) is 1. The minimum Gasteiger partial charge on any atom is -0.363 e. The van der Waals surface area contributed by atoms with Gasteiger partial charge in [-0.2, -0.15) is 8.42 Å². The zero-order chi connectivity index (χ0) is 24.2. The second kappa shape index (κ2) is 13.7. The van der Waals surface area contributed by atoms with Crippen LogP contribution in [-0.2, 0) is 16.7 Å². The van der Waals surface area contributed by atoms with E-state index in [0.717, 1.165) is 24.2 Å². The van der Waals surface area contributed by atoms with Gasteiger partial charge in [0.15, 0.2) is 0 Å². The second-order valence-electron chi connectivity index (χ2n) is 9.61. The molecular formula is C28H42N2O3S. The van der Waals surface area contributed by atoms with E-state index in [-0.39, 0.29) is 11.1 Å². The highest BCUT2D eigenvalue weighted by atomic mass is 32.2. The van der Waals surface area contributed by atoms with Crippen molar-refractivity contribution in [3.8, 4) is 0 Å². The van der Waals surface area contributed by atoms with Crippen molar-refractivity contribution in [3.05, 3.63) is 54.1 Å². The van der Waals surface area contributed by atoms with Gasteiger partial charge in [-0.3, -0.25) is 4.55 Å². The number of anilines is 2. The van der Waals surface area contributed by atoms with E-state index in [1.54, 1.807) is 12.1 Å². The van der Waals surface area contributed by atoms with Crippen LogP contribution < -0.4 is 10.2 Å². The normalized spacial score (nSPS) is 15.4. The summed E-state index contributed by atoms with van der Waals surface area (Å²) in [5.41, 5.74) is 2.93. The van der Waals surface area contributed by atoms with Gasteiger partial charge in [0.2, 0.25) is 0 Å². The number of nitrogens with one attached hydrogen (secondary N) is 1. The molecule has 0 saturated carbocycles. The molecule has 1 aliphatic rings. The van der Waals surface area contributed by atoms with E-state index in [4.69, 9.17) is 0 Å². The van der Waals surface area contributed by atoms with Crippen molar-refractivity contribution < 1.29 is 13.0 Å². The van der Waals surface area contributed by atoms with Crippen LogP contribution in [0.4, 0.5) is 11.4 Å². The van der Waals surface area contributed by atoms with Crippen molar-refractivity contribution in [2.45, 2.75) is 108 Å². The van der Waals surface area contributed by atoms with Crippen molar-refractivity contribution in [3.63, 3.8) is 0 Å². The molecule has 2 N–H and O–H groups in total. The zero-order valence-corrected chi connectivity index (χ0v) is 21.5. The van der Waals surface area contributed by atoms with Crippen molar-refractivity contribution in [1.82, 2.24) is 0 Å². The van der Waals surface area contributed by atoms with Crippen LogP contribution in [0.2, 0.25) is 0 Å². The summed E-state index contributed by atoms with van der Waals surface area (Å²) in [7, 11) is -4.23. The molecule has 1 atom stereocenters. The van der Waals surface area contributed by atoms with Crippen molar-refractivity contribution in [2.24, 2.45) is 0 Å². The SMILES string of the molecule is CCCCCCCCCCCCCCC1Nc2ccc(S(=O)(=O)O)cc2N1Cc1ccccc1. The quantitative estimate of drug-likeness (QED) is 0.187. The highest BCUT2D eigenvalue weighted by Gasteiger charge is 2.29. The topological polar surface area (TPSA) is 69.6 Å². The molecular weight excluding hydrogens is 444 g/mol. The summed E-state index contributed by atoms with van der Waals surface area (Å²) in [6, 6.07) is 15.0. The Balaban J connectivity index is 1.46. The monoisotopic (exact) mass is 486 g/mol. The number of hydrogen-bond acceptors (Lipinski definition) is 4. The van der Waals surface area contributed by atoms with E-state index in [0.29, 0.717) is 6.54 Å². The van der Waals surface area contributed by atoms with Gasteiger partial charge in [-0.15, -0.1) is 0 Å². The van der Waals surface area contributed by atoms with E-state index >= 15 is 0 Å². The van der Waals surface area contributed by atoms with Crippen LogP contribution in [0.1, 0.15) is 96.0 Å². The Morgan fingerprint density at radius 1 is 0.824 bits per heavy atom. The minimum atomic E-state index is -4.23. The predicted octanol–water partition coefficient (Wildman–Crippen LogP) is 7.78. The average molecular weight is 487 g/mol. The Morgan fingerprint density at radius 2 is 1.41 bits per heavy atom. The highest BCUT2D eigenvalue weighted by Crippen LogP contribution is 2.38. The maximum atomic E-state index is 11.7. The first-order chi connectivity index (χ1) is 16.5. The van der Waals surface area contributed by atoms with Crippen molar-refractivity contribution >= 4 is 21.5 Å². The molecule has 1 aliphatic heterocycles. The van der Waals surface area contributed by atoms with Gasteiger partial charge in [-0.1, -0.05) is 108 Å². The molecule has 0 bridgehead atoms. The summed E-state index contributed by atoms with van der Waals surface area (Å²) < 4.78 is 32.9. The number of unbranched alkanes of at least 4 members (excludes halogenated alkanes) is 11. The minimum absolute atomic E-state index is 0.0582. The molecule has 34 heavy (non-hydrogen) atoms. The van der Waals surface area contributed by atoms with Crippen LogP contribution in [0, 0.1) is 0 Å². The van der Waals surface area contributed by atoms with Crippen LogP contribution in [0.5, 0.6) is 0 Å². The first kappa shape index (κ1) is 26.6. The fraction of sp³-hybridized carbons (Fsp3) is 0.571. The van der Waals surface area contributed by atoms with Crippen molar-refractivity contribution in [2.75, 3.05) is 10.2 Å². The molecule has 6 heteroatoms. The van der Waals surface area contributed by atoms with E-state index in [1.807, 2.05) is 18.2 Å². The first-order valence-electron chi connectivity index (χ1n) is 13.2. The zero-order valence-electron chi connectivity index (χ0n) is 20.7. The van der Waals surface area contributed by atoms with E-state index in [2.05, 4.69) is 29.3 Å². The molecule has 1 heterocycles. The Labute approximate surface area is 206 Å². The number of fused-ring (bicyclic) bond motifs is 1. The number of rotatable bonds is 16. The fourth-order valence-electron chi connectivity index (χ4n) is 4.84. The van der Waals surface area contributed by atoms with Gasteiger partial charge in [0, 0.05) is 6.54 Å². The third kappa shape index (κ3) is 8.31. The molecule has 5 nitrogen and oxygen atoms in total. The molecule has 0 saturated heterocycles. The highest BCUT2D eigenvalue weighted by molar-refractivity contribution is 7.85. The van der Waals surface area contributed by atoms with Crippen molar-refractivity contribution in [1.29, 1.82) is 0 Å². The molecule has 188 valence electrons. The Bertz CT molecular complexity index is 963. The summed E-state index contributed by atoms with van der Waals surface area (Å²) in [6.45, 7) is 2.96. The van der Waals surface area contributed by atoms with Gasteiger partial charge in [-0.05, 0) is 36.6 Å². The summed E-state index contributed by atoms with van der Waals surface area (Å²) in [5, 5.41) is 3.57. The van der Waals surface area contributed by atoms with Crippen LogP contribution in [0.3, 0.4) is 0 Å². The van der Waals surface area contributed by atoms with Crippen LogP contribution in [0.25, 0.3) is 0 Å². The Kier molecular flexibility index (Phi) is 10.7. The van der Waals surface area contributed by atoms with Crippen LogP contribution in [0.15, 0.2) is 53.4 Å². The summed E-state index contributed by atoms with van der Waals surface area (Å²) in [4.78, 5) is 2.18. The van der Waals surface area contributed by atoms with Gasteiger partial charge in [0.05, 0.1) is 22.4 Å². The lowest BCUT2D eigenvalue weighted by atomic mass is 10.0. The summed E-state index contributed by atoms with van der Waals surface area (Å²) in [6.07, 6.45) is 17.1. The number of hydrogen-bond donors (Lipinski definition) is 2. The van der Waals surface area contributed by atoms with E-state index in [9.17, 15) is 13.0 Å². The third-order valence-corrected chi connectivity index (χ3v) is 7.65. The van der Waals surface area contributed by atoms with Gasteiger partial charge < -0.3 is 10.2 Å². The smallest absolute Gasteiger partial charge is 0.294 e. The molecule has 2 aromatic rings. The third-order valence-electron chi connectivity index (χ3n) is 6.80. The fourth-order valence-corrected chi connectivity index (χ4v) is 5.34. The second-order valence-corrected chi connectivity index (χ2v) is 11.0. The lowest BCUT2D eigenvalue weighted by Crippen LogP contribution is -2.35. The molecule has 0 fully saturated rings. The van der Waals surface area contributed by atoms with Gasteiger partial charge in [0.1, 0.15) is 0 Å². The van der Waals surface area contributed by atoms with Crippen LogP contribution >= 0.6 is 0 Å². The Morgan fingerprint density at radius 3 is 2.00 bits per heavy atom. The van der Waals surface area contributed by atoms with Gasteiger partial charge in [-0.25, -0.2) is 0 Å². The van der Waals surface area contributed by atoms with E-state index in [1.165, 1.54) is 82.3 Å². The van der Waals surface area contributed by atoms with E-state index < -0.39 is 10.1 Å². The maximum absolute atomic E-state index is 11.7. The molecule has 0 aromatic heterocycles. The standard InChI is InChI=1S/C28H42N2O3S/c1-2-3-4-5-6-7-8-9-10-11-12-16-19-28-29-26-21-20-25(34(31,32)33)22-27(26)30(28)23-24-17-14-13-15-18-24/h13-15,17-18,20-22,28-29H,2-12,16,19,23H2,1H3,(H,31,32,33). The molecule has 3 rings (SSSR count). The average Bonchev–Trinajstić information content (AvgIpc) is 3.16. The summed E-state index contributed by atoms with van der Waals surface area (Å²) in [5.74, 6) is 0. The number of benzene rings is 2. The molecule has 2 aromatic carbocycles. The molecule has 1 unspecified atom stereocenters. The Hall–Kier alpha value is -2.05. The maximum Gasteiger partial charge on any atom is 0.294 e.